The molecule has 0 radical (unpaired) electrons. The lowest BCUT2D eigenvalue weighted by molar-refractivity contribution is 0.211. The van der Waals surface area contributed by atoms with Gasteiger partial charge in [0.15, 0.2) is 0 Å². The minimum absolute atomic E-state index is 0. The van der Waals surface area contributed by atoms with Gasteiger partial charge in [0.05, 0.1) is 13.2 Å². The Kier molecular flexibility index (Phi) is 4.65. The molecule has 0 saturated carbocycles. The van der Waals surface area contributed by atoms with Gasteiger partial charge in [-0.3, -0.25) is 0 Å². The van der Waals surface area contributed by atoms with Crippen molar-refractivity contribution in [1.29, 1.82) is 0 Å². The van der Waals surface area contributed by atoms with E-state index in [0.717, 1.165) is 38.5 Å². The van der Waals surface area contributed by atoms with Crippen molar-refractivity contribution in [3.63, 3.8) is 0 Å². The number of para-hydroxylation sites is 1. The number of halogens is 1. The lowest BCUT2D eigenvalue weighted by atomic mass is 10.00. The number of nitrogens with zero attached hydrogens (tertiary/aromatic N) is 2. The standard InChI is InChI=1S/C14H17N3O.ClH/c1-15-13-4-2-3-12-11(10-18-14(12)13)9-17-7-5-16-6-8-17;/h2-4,11,16H,5-10H2;1H. The van der Waals surface area contributed by atoms with Crippen molar-refractivity contribution in [2.45, 2.75) is 5.92 Å². The van der Waals surface area contributed by atoms with E-state index in [9.17, 15) is 0 Å². The van der Waals surface area contributed by atoms with E-state index >= 15 is 0 Å². The van der Waals surface area contributed by atoms with Gasteiger partial charge in [-0.25, -0.2) is 4.85 Å². The predicted octanol–water partition coefficient (Wildman–Crippen LogP) is 2.04. The van der Waals surface area contributed by atoms with Crippen LogP contribution in [0.25, 0.3) is 4.85 Å². The van der Waals surface area contributed by atoms with Crippen LogP contribution in [-0.2, 0) is 0 Å². The number of rotatable bonds is 2. The molecule has 5 heteroatoms. The monoisotopic (exact) mass is 279 g/mol. The molecule has 0 spiro atoms. The molecule has 102 valence electrons. The first-order valence-corrected chi connectivity index (χ1v) is 6.44. The highest BCUT2D eigenvalue weighted by molar-refractivity contribution is 5.85. The number of ether oxygens (including phenoxy) is 1. The highest BCUT2D eigenvalue weighted by Crippen LogP contribution is 2.41. The Labute approximate surface area is 120 Å². The zero-order chi connectivity index (χ0) is 12.4. The number of fused-ring (bicyclic) bond motifs is 1. The maximum Gasteiger partial charge on any atom is 0.228 e. The molecule has 0 amide bonds. The van der Waals surface area contributed by atoms with Gasteiger partial charge >= 0.3 is 0 Å². The van der Waals surface area contributed by atoms with Crippen molar-refractivity contribution in [3.8, 4) is 5.75 Å². The van der Waals surface area contributed by atoms with E-state index in [2.05, 4.69) is 21.1 Å². The molecule has 1 N–H and O–H groups in total. The number of hydrogen-bond acceptors (Lipinski definition) is 3. The average Bonchev–Trinajstić information content (AvgIpc) is 2.83. The molecule has 1 aromatic rings. The molecule has 2 heterocycles. The van der Waals surface area contributed by atoms with Crippen molar-refractivity contribution in [3.05, 3.63) is 35.2 Å². The zero-order valence-corrected chi connectivity index (χ0v) is 11.6. The molecular weight excluding hydrogens is 262 g/mol. The van der Waals surface area contributed by atoms with Crippen molar-refractivity contribution in [1.82, 2.24) is 10.2 Å². The van der Waals surface area contributed by atoms with Crippen LogP contribution in [0.3, 0.4) is 0 Å². The van der Waals surface area contributed by atoms with Gasteiger partial charge in [-0.2, -0.15) is 0 Å². The molecule has 1 fully saturated rings. The Hall–Kier alpha value is -1.28. The maximum absolute atomic E-state index is 7.16. The van der Waals surface area contributed by atoms with Crippen molar-refractivity contribution < 1.29 is 4.74 Å². The fourth-order valence-electron chi connectivity index (χ4n) is 2.74. The van der Waals surface area contributed by atoms with Crippen molar-refractivity contribution >= 4 is 18.1 Å². The fraction of sp³-hybridized carbons (Fsp3) is 0.500. The van der Waals surface area contributed by atoms with Gasteiger partial charge in [0.25, 0.3) is 0 Å². The molecular formula is C14H18ClN3O. The topological polar surface area (TPSA) is 28.9 Å². The quantitative estimate of drug-likeness (QED) is 0.840. The van der Waals surface area contributed by atoms with E-state index in [1.165, 1.54) is 5.56 Å². The summed E-state index contributed by atoms with van der Waals surface area (Å²) < 4.78 is 5.72. The van der Waals surface area contributed by atoms with Gasteiger partial charge in [-0.15, -0.1) is 12.4 Å². The van der Waals surface area contributed by atoms with Crippen LogP contribution in [0.2, 0.25) is 0 Å². The summed E-state index contributed by atoms with van der Waals surface area (Å²) in [5, 5.41) is 3.36. The lowest BCUT2D eigenvalue weighted by Crippen LogP contribution is -2.45. The second-order valence-corrected chi connectivity index (χ2v) is 4.87. The van der Waals surface area contributed by atoms with Gasteiger partial charge in [0.1, 0.15) is 5.75 Å². The molecule has 2 aliphatic rings. The summed E-state index contributed by atoms with van der Waals surface area (Å²) in [4.78, 5) is 6.00. The van der Waals surface area contributed by atoms with Crippen LogP contribution in [0, 0.1) is 6.57 Å². The Balaban J connectivity index is 0.00000133. The molecule has 0 aromatic heterocycles. The van der Waals surface area contributed by atoms with Crippen LogP contribution in [0.4, 0.5) is 5.69 Å². The molecule has 0 aliphatic carbocycles. The van der Waals surface area contributed by atoms with Crippen LogP contribution in [0.15, 0.2) is 18.2 Å². The molecule has 19 heavy (non-hydrogen) atoms. The van der Waals surface area contributed by atoms with Crippen molar-refractivity contribution in [2.24, 2.45) is 0 Å². The van der Waals surface area contributed by atoms with E-state index in [-0.39, 0.29) is 12.4 Å². The first-order chi connectivity index (χ1) is 8.88. The number of piperazine rings is 1. The molecule has 1 unspecified atom stereocenters. The van der Waals surface area contributed by atoms with Gasteiger partial charge < -0.3 is 15.0 Å². The summed E-state index contributed by atoms with van der Waals surface area (Å²) in [7, 11) is 0. The SMILES string of the molecule is Cl.[C-]#[N+]c1cccc2c1OCC2CN1CCNCC1. The summed E-state index contributed by atoms with van der Waals surface area (Å²) in [6, 6.07) is 5.90. The first-order valence-electron chi connectivity index (χ1n) is 6.44. The summed E-state index contributed by atoms with van der Waals surface area (Å²) in [6.45, 7) is 13.3. The molecule has 2 aliphatic heterocycles. The highest BCUT2D eigenvalue weighted by atomic mass is 35.5. The van der Waals surface area contributed by atoms with Gasteiger partial charge in [0.2, 0.25) is 5.69 Å². The average molecular weight is 280 g/mol. The van der Waals surface area contributed by atoms with E-state index in [4.69, 9.17) is 11.3 Å². The second-order valence-electron chi connectivity index (χ2n) is 4.87. The van der Waals surface area contributed by atoms with Gasteiger partial charge in [0, 0.05) is 38.6 Å². The van der Waals surface area contributed by atoms with Crippen molar-refractivity contribution in [2.75, 3.05) is 39.3 Å². The maximum atomic E-state index is 7.16. The molecule has 1 aromatic carbocycles. The van der Waals surface area contributed by atoms with Crippen LogP contribution < -0.4 is 10.1 Å². The second kappa shape index (κ2) is 6.25. The minimum Gasteiger partial charge on any atom is -0.504 e. The van der Waals surface area contributed by atoms with Crippen LogP contribution in [0.5, 0.6) is 5.75 Å². The minimum atomic E-state index is 0. The van der Waals surface area contributed by atoms with Gasteiger partial charge in [-0.05, 0) is 5.56 Å². The Morgan fingerprint density at radius 3 is 2.89 bits per heavy atom. The van der Waals surface area contributed by atoms with E-state index in [1.54, 1.807) is 0 Å². The van der Waals surface area contributed by atoms with Crippen LogP contribution in [0.1, 0.15) is 11.5 Å². The number of benzene rings is 1. The predicted molar refractivity (Wildman–Crippen MR) is 77.5 cm³/mol. The van der Waals surface area contributed by atoms with E-state index in [0.29, 0.717) is 18.2 Å². The van der Waals surface area contributed by atoms with Crippen LogP contribution >= 0.6 is 12.4 Å². The zero-order valence-electron chi connectivity index (χ0n) is 10.8. The molecule has 3 rings (SSSR count). The summed E-state index contributed by atoms with van der Waals surface area (Å²) in [6.07, 6.45) is 0. The third-order valence-electron chi connectivity index (χ3n) is 3.70. The van der Waals surface area contributed by atoms with Gasteiger partial charge in [-0.1, -0.05) is 18.2 Å². The fourth-order valence-corrected chi connectivity index (χ4v) is 2.74. The number of nitrogens with one attached hydrogen (secondary N) is 1. The first kappa shape index (κ1) is 14.1. The molecule has 4 nitrogen and oxygen atoms in total. The van der Waals surface area contributed by atoms with E-state index < -0.39 is 0 Å². The van der Waals surface area contributed by atoms with E-state index in [1.807, 2.05) is 12.1 Å². The third-order valence-corrected chi connectivity index (χ3v) is 3.70. The molecule has 1 atom stereocenters. The molecule has 0 bridgehead atoms. The third kappa shape index (κ3) is 2.84. The normalized spacial score (nSPS) is 21.9. The van der Waals surface area contributed by atoms with Crippen LogP contribution in [-0.4, -0.2) is 44.2 Å². The summed E-state index contributed by atoms with van der Waals surface area (Å²) in [5.41, 5.74) is 1.86. The Morgan fingerprint density at radius 2 is 2.16 bits per heavy atom. The largest absolute Gasteiger partial charge is 0.504 e. The Bertz CT molecular complexity index is 480. The summed E-state index contributed by atoms with van der Waals surface area (Å²) >= 11 is 0. The number of hydrogen-bond donors (Lipinski definition) is 1. The molecule has 1 saturated heterocycles. The Morgan fingerprint density at radius 1 is 1.37 bits per heavy atom. The smallest absolute Gasteiger partial charge is 0.228 e. The lowest BCUT2D eigenvalue weighted by Gasteiger charge is -2.29. The highest BCUT2D eigenvalue weighted by Gasteiger charge is 2.28. The summed E-state index contributed by atoms with van der Waals surface area (Å²) in [5.74, 6) is 1.23.